The van der Waals surface area contributed by atoms with Gasteiger partial charge in [-0.1, -0.05) is 24.6 Å². The van der Waals surface area contributed by atoms with E-state index in [9.17, 15) is 17.6 Å². The lowest BCUT2D eigenvalue weighted by Gasteiger charge is -2.21. The molecule has 1 aliphatic rings. The number of carbonyl (C=O) groups excluding carboxylic acids is 1. The zero-order valence-corrected chi connectivity index (χ0v) is 16.6. The van der Waals surface area contributed by atoms with Crippen LogP contribution >= 0.6 is 11.6 Å². The number of rotatable bonds is 4. The largest absolute Gasteiger partial charge is 0.478 e. The molecule has 0 aromatic heterocycles. The van der Waals surface area contributed by atoms with Gasteiger partial charge >= 0.3 is 0 Å². The molecule has 4 nitrogen and oxygen atoms in total. The Bertz CT molecular complexity index is 1060. The minimum absolute atomic E-state index is 0.0389. The van der Waals surface area contributed by atoms with Gasteiger partial charge in [0.15, 0.2) is 15.4 Å². The van der Waals surface area contributed by atoms with Crippen LogP contribution in [0.25, 0.3) is 11.3 Å². The van der Waals surface area contributed by atoms with Crippen molar-refractivity contribution in [3.8, 4) is 0 Å². The highest BCUT2D eigenvalue weighted by atomic mass is 35.5. The molecule has 0 bridgehead atoms. The first kappa shape index (κ1) is 19.6. The summed E-state index contributed by atoms with van der Waals surface area (Å²) in [5.74, 6) is -0.591. The summed E-state index contributed by atoms with van der Waals surface area (Å²) in [6.45, 7) is 3.51. The van der Waals surface area contributed by atoms with Gasteiger partial charge in [0.2, 0.25) is 5.78 Å². The van der Waals surface area contributed by atoms with Crippen LogP contribution < -0.4 is 0 Å². The lowest BCUT2D eigenvalue weighted by atomic mass is 9.90. The first-order valence-corrected chi connectivity index (χ1v) is 10.6. The van der Waals surface area contributed by atoms with E-state index >= 15 is 0 Å². The number of ether oxygens (including phenoxy) is 1. The Morgan fingerprint density at radius 2 is 1.70 bits per heavy atom. The van der Waals surface area contributed by atoms with E-state index in [0.717, 1.165) is 6.26 Å². The number of hydrogen-bond acceptors (Lipinski definition) is 4. The smallest absolute Gasteiger partial charge is 0.210 e. The SMILES string of the molecule is CCC1(C)OC(c2ccc(S(C)(=O)=O)cc2)=C(c2ccc(Cl)c(F)c2)C1=O. The number of ketones is 1. The first-order valence-electron chi connectivity index (χ1n) is 8.31. The van der Waals surface area contributed by atoms with E-state index in [1.54, 1.807) is 25.1 Å². The molecule has 0 saturated heterocycles. The summed E-state index contributed by atoms with van der Waals surface area (Å²) in [6.07, 6.45) is 1.54. The number of halogens is 2. The van der Waals surface area contributed by atoms with Gasteiger partial charge in [0, 0.05) is 11.8 Å². The topological polar surface area (TPSA) is 60.4 Å². The predicted molar refractivity (Wildman–Crippen MR) is 103 cm³/mol. The molecular weight excluding hydrogens is 391 g/mol. The van der Waals surface area contributed by atoms with Crippen molar-refractivity contribution in [2.45, 2.75) is 30.8 Å². The van der Waals surface area contributed by atoms with Crippen LogP contribution in [-0.4, -0.2) is 26.1 Å². The van der Waals surface area contributed by atoms with Crippen LogP contribution in [0.4, 0.5) is 4.39 Å². The number of Topliss-reactive ketones (excluding diaryl/α,β-unsaturated/α-hetero) is 1. The fraction of sp³-hybridized carbons (Fsp3) is 0.250. The summed E-state index contributed by atoms with van der Waals surface area (Å²) in [4.78, 5) is 13.2. The van der Waals surface area contributed by atoms with Gasteiger partial charge in [-0.2, -0.15) is 0 Å². The van der Waals surface area contributed by atoms with Crippen molar-refractivity contribution in [1.29, 1.82) is 0 Å². The molecule has 0 amide bonds. The van der Waals surface area contributed by atoms with Crippen molar-refractivity contribution >= 4 is 38.6 Å². The summed E-state index contributed by atoms with van der Waals surface area (Å²) >= 11 is 5.76. The summed E-state index contributed by atoms with van der Waals surface area (Å²) in [7, 11) is -3.35. The molecule has 0 N–H and O–H groups in total. The lowest BCUT2D eigenvalue weighted by Crippen LogP contribution is -2.32. The van der Waals surface area contributed by atoms with E-state index in [0.29, 0.717) is 23.3 Å². The molecule has 0 spiro atoms. The molecule has 7 heteroatoms. The molecule has 1 aliphatic heterocycles. The van der Waals surface area contributed by atoms with Crippen molar-refractivity contribution in [1.82, 2.24) is 0 Å². The first-order chi connectivity index (χ1) is 12.6. The Morgan fingerprint density at radius 1 is 1.11 bits per heavy atom. The second-order valence-electron chi connectivity index (χ2n) is 6.65. The van der Waals surface area contributed by atoms with Gasteiger partial charge < -0.3 is 4.74 Å². The summed E-state index contributed by atoms with van der Waals surface area (Å²) in [5.41, 5.74) is 0.0811. The van der Waals surface area contributed by atoms with E-state index in [4.69, 9.17) is 16.3 Å². The highest BCUT2D eigenvalue weighted by molar-refractivity contribution is 7.90. The molecule has 3 rings (SSSR count). The number of sulfone groups is 1. The zero-order valence-electron chi connectivity index (χ0n) is 15.0. The van der Waals surface area contributed by atoms with Crippen LogP contribution in [0.2, 0.25) is 5.02 Å². The molecular formula is C20H18ClFO4S. The Hall–Kier alpha value is -2.18. The van der Waals surface area contributed by atoms with Crippen LogP contribution in [0.5, 0.6) is 0 Å². The molecule has 0 radical (unpaired) electrons. The molecule has 2 aromatic carbocycles. The average molecular weight is 409 g/mol. The Morgan fingerprint density at radius 3 is 2.22 bits per heavy atom. The quantitative estimate of drug-likeness (QED) is 0.746. The molecule has 27 heavy (non-hydrogen) atoms. The molecule has 1 unspecified atom stereocenters. The van der Waals surface area contributed by atoms with Crippen LogP contribution in [0.3, 0.4) is 0 Å². The average Bonchev–Trinajstić information content (AvgIpc) is 2.89. The van der Waals surface area contributed by atoms with E-state index in [1.165, 1.54) is 24.3 Å². The summed E-state index contributed by atoms with van der Waals surface area (Å²) in [6, 6.07) is 10.2. The maximum Gasteiger partial charge on any atom is 0.210 e. The van der Waals surface area contributed by atoms with Gasteiger partial charge in [0.1, 0.15) is 11.6 Å². The number of carbonyl (C=O) groups is 1. The fourth-order valence-electron chi connectivity index (χ4n) is 2.89. The van der Waals surface area contributed by atoms with Gasteiger partial charge in [-0.25, -0.2) is 12.8 Å². The lowest BCUT2D eigenvalue weighted by molar-refractivity contribution is -0.126. The zero-order chi connectivity index (χ0) is 20.0. The van der Waals surface area contributed by atoms with E-state index < -0.39 is 21.3 Å². The fourth-order valence-corrected chi connectivity index (χ4v) is 3.64. The minimum Gasteiger partial charge on any atom is -0.478 e. The van der Waals surface area contributed by atoms with E-state index in [-0.39, 0.29) is 21.3 Å². The third kappa shape index (κ3) is 3.51. The third-order valence-corrected chi connectivity index (χ3v) is 6.12. The summed E-state index contributed by atoms with van der Waals surface area (Å²) < 4.78 is 43.3. The van der Waals surface area contributed by atoms with Crippen molar-refractivity contribution in [3.63, 3.8) is 0 Å². The number of hydrogen-bond donors (Lipinski definition) is 0. The van der Waals surface area contributed by atoms with Gasteiger partial charge in [-0.3, -0.25) is 4.79 Å². The van der Waals surface area contributed by atoms with Gasteiger partial charge in [0.05, 0.1) is 15.5 Å². The van der Waals surface area contributed by atoms with Crippen molar-refractivity contribution in [2.24, 2.45) is 0 Å². The molecule has 2 aromatic rings. The molecule has 0 saturated carbocycles. The summed E-state index contributed by atoms with van der Waals surface area (Å²) in [5, 5.41) is -0.0389. The predicted octanol–water partition coefficient (Wildman–Crippen LogP) is 4.52. The molecule has 0 aliphatic carbocycles. The van der Waals surface area contributed by atoms with E-state index in [2.05, 4.69) is 0 Å². The van der Waals surface area contributed by atoms with Crippen LogP contribution in [-0.2, 0) is 19.4 Å². The van der Waals surface area contributed by atoms with Crippen molar-refractivity contribution in [2.75, 3.05) is 6.26 Å². The van der Waals surface area contributed by atoms with Crippen molar-refractivity contribution in [3.05, 3.63) is 64.4 Å². The second-order valence-corrected chi connectivity index (χ2v) is 9.07. The van der Waals surface area contributed by atoms with Gasteiger partial charge in [-0.15, -0.1) is 0 Å². The maximum atomic E-state index is 14.0. The Labute approximate surface area is 162 Å². The van der Waals surface area contributed by atoms with Crippen LogP contribution in [0.15, 0.2) is 47.4 Å². The van der Waals surface area contributed by atoms with Crippen LogP contribution in [0, 0.1) is 5.82 Å². The number of benzene rings is 2. The van der Waals surface area contributed by atoms with Crippen molar-refractivity contribution < 1.29 is 22.3 Å². The molecule has 1 atom stereocenters. The Kier molecular flexibility index (Phi) is 4.91. The van der Waals surface area contributed by atoms with Crippen LogP contribution in [0.1, 0.15) is 31.4 Å². The minimum atomic E-state index is -3.35. The van der Waals surface area contributed by atoms with Gasteiger partial charge in [-0.05, 0) is 55.3 Å². The molecule has 142 valence electrons. The van der Waals surface area contributed by atoms with E-state index in [1.807, 2.05) is 6.92 Å². The Balaban J connectivity index is 2.19. The monoisotopic (exact) mass is 408 g/mol. The molecule has 0 fully saturated rings. The normalized spacial score (nSPS) is 20.1. The standard InChI is InChI=1S/C20H18ClFO4S/c1-4-20(2)19(23)17(13-7-10-15(21)16(22)11-13)18(26-20)12-5-8-14(9-6-12)27(3,24)25/h5-11H,4H2,1-3H3. The maximum absolute atomic E-state index is 14.0. The highest BCUT2D eigenvalue weighted by Crippen LogP contribution is 2.43. The third-order valence-electron chi connectivity index (χ3n) is 4.69. The highest BCUT2D eigenvalue weighted by Gasteiger charge is 2.45. The van der Waals surface area contributed by atoms with Gasteiger partial charge in [0.25, 0.3) is 0 Å². The molecule has 1 heterocycles. The second kappa shape index (κ2) is 6.77.